The molecule has 0 spiro atoms. The molecule has 0 saturated heterocycles. The van der Waals surface area contributed by atoms with Gasteiger partial charge in [-0.3, -0.25) is 20.3 Å². The molecule has 1 aromatic heterocycles. The Morgan fingerprint density at radius 1 is 1.33 bits per heavy atom. The van der Waals surface area contributed by atoms with Crippen LogP contribution in [-0.2, 0) is 21.4 Å². The number of amides is 1. The fourth-order valence-corrected chi connectivity index (χ4v) is 3.32. The lowest BCUT2D eigenvalue weighted by Crippen LogP contribution is -2.42. The first-order valence-electron chi connectivity index (χ1n) is 6.61. The van der Waals surface area contributed by atoms with Gasteiger partial charge in [0.1, 0.15) is 5.76 Å². The second kappa shape index (κ2) is 7.21. The summed E-state index contributed by atoms with van der Waals surface area (Å²) in [5.41, 5.74) is 1.47. The van der Waals surface area contributed by atoms with E-state index in [9.17, 15) is 23.3 Å². The summed E-state index contributed by atoms with van der Waals surface area (Å²) in [5, 5.41) is 10.8. The average molecular weight is 354 g/mol. The lowest BCUT2D eigenvalue weighted by molar-refractivity contribution is -0.385. The van der Waals surface area contributed by atoms with Gasteiger partial charge in [0, 0.05) is 12.1 Å². The predicted molar refractivity (Wildman–Crippen MR) is 81.7 cm³/mol. The number of non-ortho nitro benzene ring substituents is 1. The summed E-state index contributed by atoms with van der Waals surface area (Å²) in [5.74, 6) is 4.57. The van der Waals surface area contributed by atoms with Crippen molar-refractivity contribution in [1.29, 1.82) is 0 Å². The third kappa shape index (κ3) is 3.95. The molecule has 1 aromatic carbocycles. The fraction of sp³-hybridized carbons (Fsp3) is 0.154. The highest BCUT2D eigenvalue weighted by molar-refractivity contribution is 7.89. The van der Waals surface area contributed by atoms with Crippen molar-refractivity contribution in [3.05, 3.63) is 58.5 Å². The topological polar surface area (TPSA) is 149 Å². The van der Waals surface area contributed by atoms with Crippen LogP contribution in [0.1, 0.15) is 5.76 Å². The predicted octanol–water partition coefficient (Wildman–Crippen LogP) is 0.369. The van der Waals surface area contributed by atoms with Crippen LogP contribution in [-0.4, -0.2) is 30.1 Å². The number of nitrogens with zero attached hydrogens (tertiary/aromatic N) is 2. The number of sulfonamides is 1. The van der Waals surface area contributed by atoms with E-state index in [0.29, 0.717) is 5.76 Å². The first-order valence-corrected chi connectivity index (χ1v) is 8.05. The van der Waals surface area contributed by atoms with Crippen LogP contribution in [0.3, 0.4) is 0 Å². The maximum atomic E-state index is 12.7. The largest absolute Gasteiger partial charge is 0.468 e. The van der Waals surface area contributed by atoms with E-state index in [1.54, 1.807) is 6.07 Å². The minimum Gasteiger partial charge on any atom is -0.468 e. The number of hydrogen-bond acceptors (Lipinski definition) is 7. The van der Waals surface area contributed by atoms with E-state index in [4.69, 9.17) is 10.3 Å². The van der Waals surface area contributed by atoms with Gasteiger partial charge in [-0.25, -0.2) is 14.3 Å². The number of nitro groups is 1. The SMILES string of the molecule is NNC(=O)CN(Cc1ccco1)S(=O)(=O)c1cccc([N+](=O)[O-])c1. The number of carbonyl (C=O) groups is 1. The summed E-state index contributed by atoms with van der Waals surface area (Å²) >= 11 is 0. The van der Waals surface area contributed by atoms with Crippen LogP contribution in [0.25, 0.3) is 0 Å². The number of hydrogen-bond donors (Lipinski definition) is 2. The lowest BCUT2D eigenvalue weighted by atomic mass is 10.3. The Hall–Kier alpha value is -2.76. The van der Waals surface area contributed by atoms with Crippen LogP contribution in [0.5, 0.6) is 0 Å². The number of nitrogens with one attached hydrogen (secondary N) is 1. The Kier molecular flexibility index (Phi) is 5.28. The van der Waals surface area contributed by atoms with Crippen LogP contribution in [0.4, 0.5) is 5.69 Å². The highest BCUT2D eigenvalue weighted by atomic mass is 32.2. The number of rotatable bonds is 7. The summed E-state index contributed by atoms with van der Waals surface area (Å²) in [6, 6.07) is 7.65. The van der Waals surface area contributed by atoms with Crippen LogP contribution < -0.4 is 11.3 Å². The standard InChI is InChI=1S/C13H14N4O6S/c14-15-13(18)9-16(8-11-4-2-6-23-11)24(21,22)12-5-1-3-10(7-12)17(19)20/h1-7H,8-9,14H2,(H,15,18). The summed E-state index contributed by atoms with van der Waals surface area (Å²) in [6.45, 7) is -0.798. The summed E-state index contributed by atoms with van der Waals surface area (Å²) in [4.78, 5) is 21.3. The van der Waals surface area contributed by atoms with Gasteiger partial charge in [-0.15, -0.1) is 0 Å². The second-order valence-corrected chi connectivity index (χ2v) is 6.61. The van der Waals surface area contributed by atoms with Gasteiger partial charge in [-0.2, -0.15) is 4.31 Å². The number of carbonyl (C=O) groups excluding carboxylic acids is 1. The minimum atomic E-state index is -4.19. The highest BCUT2D eigenvalue weighted by Crippen LogP contribution is 2.22. The number of furan rings is 1. The molecule has 0 aliphatic carbocycles. The molecule has 2 aromatic rings. The molecule has 11 heteroatoms. The van der Waals surface area contributed by atoms with E-state index in [1.165, 1.54) is 30.5 Å². The average Bonchev–Trinajstić information content (AvgIpc) is 3.07. The van der Waals surface area contributed by atoms with E-state index in [0.717, 1.165) is 10.4 Å². The molecule has 0 bridgehead atoms. The zero-order valence-corrected chi connectivity index (χ0v) is 13.1. The third-order valence-electron chi connectivity index (χ3n) is 3.06. The Morgan fingerprint density at radius 3 is 2.67 bits per heavy atom. The number of nitrogens with two attached hydrogens (primary N) is 1. The first kappa shape index (κ1) is 17.6. The molecule has 0 fully saturated rings. The zero-order valence-electron chi connectivity index (χ0n) is 12.3. The lowest BCUT2D eigenvalue weighted by Gasteiger charge is -2.20. The molecule has 128 valence electrons. The normalized spacial score (nSPS) is 11.4. The Balaban J connectivity index is 2.40. The Labute approximate surface area is 137 Å². The van der Waals surface area contributed by atoms with Crippen LogP contribution in [0, 0.1) is 10.1 Å². The minimum absolute atomic E-state index is 0.231. The number of hydrazine groups is 1. The maximum absolute atomic E-state index is 12.7. The van der Waals surface area contributed by atoms with Gasteiger partial charge in [0.25, 0.3) is 5.69 Å². The van der Waals surface area contributed by atoms with Crippen LogP contribution in [0.15, 0.2) is 52.0 Å². The van der Waals surface area contributed by atoms with Gasteiger partial charge in [0.2, 0.25) is 15.9 Å². The smallest absolute Gasteiger partial charge is 0.270 e. The zero-order chi connectivity index (χ0) is 17.7. The van der Waals surface area contributed by atoms with Gasteiger partial charge in [0.15, 0.2) is 0 Å². The molecule has 0 saturated carbocycles. The van der Waals surface area contributed by atoms with E-state index >= 15 is 0 Å². The Bertz CT molecular complexity index is 834. The number of benzene rings is 1. The van der Waals surface area contributed by atoms with Gasteiger partial charge in [0.05, 0.1) is 29.2 Å². The molecule has 1 amide bonds. The molecule has 1 heterocycles. The van der Waals surface area contributed by atoms with Crippen molar-refractivity contribution in [2.45, 2.75) is 11.4 Å². The van der Waals surface area contributed by atoms with Crippen molar-refractivity contribution >= 4 is 21.6 Å². The molecular weight excluding hydrogens is 340 g/mol. The molecule has 3 N–H and O–H groups in total. The van der Waals surface area contributed by atoms with Crippen LogP contribution in [0.2, 0.25) is 0 Å². The van der Waals surface area contributed by atoms with E-state index in [-0.39, 0.29) is 17.1 Å². The maximum Gasteiger partial charge on any atom is 0.270 e. The van der Waals surface area contributed by atoms with Crippen LogP contribution >= 0.6 is 0 Å². The molecule has 0 radical (unpaired) electrons. The highest BCUT2D eigenvalue weighted by Gasteiger charge is 2.28. The summed E-state index contributed by atoms with van der Waals surface area (Å²) < 4.78 is 31.4. The molecule has 0 aliphatic rings. The quantitative estimate of drug-likeness (QED) is 0.316. The van der Waals surface area contributed by atoms with E-state index in [1.807, 2.05) is 5.43 Å². The first-order chi connectivity index (χ1) is 11.3. The molecule has 0 unspecified atom stereocenters. The van der Waals surface area contributed by atoms with Gasteiger partial charge < -0.3 is 4.42 Å². The number of nitro benzene ring substituents is 1. The van der Waals surface area contributed by atoms with Gasteiger partial charge in [-0.1, -0.05) is 6.07 Å². The molecule has 0 aliphatic heterocycles. The molecule has 10 nitrogen and oxygen atoms in total. The second-order valence-electron chi connectivity index (χ2n) is 4.67. The third-order valence-corrected chi connectivity index (χ3v) is 4.85. The van der Waals surface area contributed by atoms with E-state index in [2.05, 4.69) is 0 Å². The Morgan fingerprint density at radius 2 is 2.08 bits per heavy atom. The van der Waals surface area contributed by atoms with Crippen molar-refractivity contribution in [2.24, 2.45) is 5.84 Å². The monoisotopic (exact) mass is 354 g/mol. The van der Waals surface area contributed by atoms with Crippen molar-refractivity contribution in [1.82, 2.24) is 9.73 Å². The van der Waals surface area contributed by atoms with Crippen molar-refractivity contribution in [3.8, 4) is 0 Å². The van der Waals surface area contributed by atoms with Crippen molar-refractivity contribution in [2.75, 3.05) is 6.54 Å². The molecule has 2 rings (SSSR count). The van der Waals surface area contributed by atoms with Gasteiger partial charge in [-0.05, 0) is 18.2 Å². The van der Waals surface area contributed by atoms with Gasteiger partial charge >= 0.3 is 0 Å². The summed E-state index contributed by atoms with van der Waals surface area (Å²) in [6.07, 6.45) is 1.36. The van der Waals surface area contributed by atoms with Crippen molar-refractivity contribution < 1.29 is 22.6 Å². The molecule has 24 heavy (non-hydrogen) atoms. The van der Waals surface area contributed by atoms with Crippen molar-refractivity contribution in [3.63, 3.8) is 0 Å². The fourth-order valence-electron chi connectivity index (χ4n) is 1.91. The molecule has 0 atom stereocenters. The van der Waals surface area contributed by atoms with E-state index < -0.39 is 27.4 Å². The molecular formula is C13H14N4O6S. The summed E-state index contributed by atoms with van der Waals surface area (Å²) in [7, 11) is -4.19.